The first-order valence-corrected chi connectivity index (χ1v) is 4.79. The van der Waals surface area contributed by atoms with Crippen molar-refractivity contribution in [3.63, 3.8) is 0 Å². The van der Waals surface area contributed by atoms with E-state index in [-0.39, 0.29) is 0 Å². The van der Waals surface area contributed by atoms with Gasteiger partial charge in [0.25, 0.3) is 0 Å². The fourth-order valence-corrected chi connectivity index (χ4v) is 1.36. The predicted molar refractivity (Wildman–Crippen MR) is 48.2 cm³/mol. The molecule has 0 spiro atoms. The van der Waals surface area contributed by atoms with Crippen LogP contribution in [0.15, 0.2) is 4.99 Å². The normalized spacial score (nSPS) is 19.0. The van der Waals surface area contributed by atoms with Gasteiger partial charge in [0.1, 0.15) is 0 Å². The number of nitrogens with zero attached hydrogens (tertiary/aromatic N) is 1. The van der Waals surface area contributed by atoms with E-state index in [1.54, 1.807) is 0 Å². The highest BCUT2D eigenvalue weighted by molar-refractivity contribution is 14.1. The quantitative estimate of drug-likeness (QED) is 0.418. The summed E-state index contributed by atoms with van der Waals surface area (Å²) in [4.78, 5) is 4.32. The number of nitrogens with one attached hydrogen (secondary N) is 1. The van der Waals surface area contributed by atoms with E-state index in [0.717, 1.165) is 17.5 Å². The fraction of sp³-hybridized carbons (Fsp3) is 0.833. The lowest BCUT2D eigenvalue weighted by molar-refractivity contribution is 0.720. The standard InChI is InChI=1S/C6H11IN2/c7-5-9-6-3-1-2-4-8-6/h1-5H2,(H,8,9). The van der Waals surface area contributed by atoms with Gasteiger partial charge in [-0.15, -0.1) is 0 Å². The molecule has 0 aromatic heterocycles. The van der Waals surface area contributed by atoms with Crippen molar-refractivity contribution in [3.8, 4) is 0 Å². The highest BCUT2D eigenvalue weighted by atomic mass is 127. The van der Waals surface area contributed by atoms with Crippen molar-refractivity contribution in [2.45, 2.75) is 19.3 Å². The van der Waals surface area contributed by atoms with Crippen molar-refractivity contribution in [2.75, 3.05) is 11.1 Å². The highest BCUT2D eigenvalue weighted by Gasteiger charge is 2.01. The third kappa shape index (κ3) is 2.51. The van der Waals surface area contributed by atoms with Crippen LogP contribution in [0.5, 0.6) is 0 Å². The monoisotopic (exact) mass is 238 g/mol. The Morgan fingerprint density at radius 2 is 2.44 bits per heavy atom. The highest BCUT2D eigenvalue weighted by Crippen LogP contribution is 2.03. The Morgan fingerprint density at radius 1 is 1.56 bits per heavy atom. The van der Waals surface area contributed by atoms with Crippen molar-refractivity contribution >= 4 is 28.4 Å². The Kier molecular flexibility index (Phi) is 3.32. The molecule has 1 heterocycles. The molecule has 0 atom stereocenters. The smallest absolute Gasteiger partial charge is 0.0969 e. The maximum Gasteiger partial charge on any atom is 0.0969 e. The SMILES string of the molecule is ICNC1=NCCCC1. The number of hydrogen-bond donors (Lipinski definition) is 1. The third-order valence-electron chi connectivity index (χ3n) is 1.40. The van der Waals surface area contributed by atoms with Gasteiger partial charge in [-0.25, -0.2) is 0 Å². The zero-order valence-corrected chi connectivity index (χ0v) is 7.52. The van der Waals surface area contributed by atoms with E-state index < -0.39 is 0 Å². The number of hydrogen-bond acceptors (Lipinski definition) is 2. The van der Waals surface area contributed by atoms with Crippen LogP contribution in [0.1, 0.15) is 19.3 Å². The summed E-state index contributed by atoms with van der Waals surface area (Å²) < 4.78 is 0.983. The molecular formula is C6H11IN2. The molecule has 0 saturated carbocycles. The van der Waals surface area contributed by atoms with E-state index in [1.807, 2.05) is 0 Å². The molecular weight excluding hydrogens is 227 g/mol. The van der Waals surface area contributed by atoms with Crippen molar-refractivity contribution in [1.82, 2.24) is 5.32 Å². The number of amidine groups is 1. The van der Waals surface area contributed by atoms with Crippen molar-refractivity contribution in [3.05, 3.63) is 0 Å². The summed E-state index contributed by atoms with van der Waals surface area (Å²) in [6, 6.07) is 0. The van der Waals surface area contributed by atoms with Crippen LogP contribution in [0, 0.1) is 0 Å². The lowest BCUT2D eigenvalue weighted by Crippen LogP contribution is -2.23. The molecule has 0 radical (unpaired) electrons. The molecule has 1 N–H and O–H groups in total. The summed E-state index contributed by atoms with van der Waals surface area (Å²) in [5.74, 6) is 1.20. The van der Waals surface area contributed by atoms with E-state index in [1.165, 1.54) is 18.7 Å². The van der Waals surface area contributed by atoms with Crippen molar-refractivity contribution in [2.24, 2.45) is 4.99 Å². The van der Waals surface area contributed by atoms with Gasteiger partial charge in [-0.3, -0.25) is 4.99 Å². The summed E-state index contributed by atoms with van der Waals surface area (Å²) in [6.45, 7) is 1.03. The van der Waals surface area contributed by atoms with E-state index in [2.05, 4.69) is 32.9 Å². The maximum atomic E-state index is 4.32. The zero-order chi connectivity index (χ0) is 6.53. The average molecular weight is 238 g/mol. The topological polar surface area (TPSA) is 24.4 Å². The molecule has 0 unspecified atom stereocenters. The fourth-order valence-electron chi connectivity index (χ4n) is 0.919. The second-order valence-corrected chi connectivity index (χ2v) is 2.86. The van der Waals surface area contributed by atoms with Crippen LogP contribution in [0.25, 0.3) is 0 Å². The molecule has 0 fully saturated rings. The molecule has 0 bridgehead atoms. The molecule has 0 saturated heterocycles. The Labute approximate surface area is 69.3 Å². The minimum absolute atomic E-state index is 0.983. The van der Waals surface area contributed by atoms with Gasteiger partial charge in [-0.2, -0.15) is 0 Å². The van der Waals surface area contributed by atoms with Gasteiger partial charge in [-0.1, -0.05) is 22.6 Å². The molecule has 1 aliphatic heterocycles. The second-order valence-electron chi connectivity index (χ2n) is 2.10. The minimum atomic E-state index is 0.983. The average Bonchev–Trinajstić information content (AvgIpc) is 1.91. The Hall–Kier alpha value is 0.200. The van der Waals surface area contributed by atoms with Gasteiger partial charge in [-0.05, 0) is 12.8 Å². The van der Waals surface area contributed by atoms with Gasteiger partial charge in [0.2, 0.25) is 0 Å². The summed E-state index contributed by atoms with van der Waals surface area (Å²) in [7, 11) is 0. The molecule has 0 aromatic carbocycles. The zero-order valence-electron chi connectivity index (χ0n) is 5.36. The Balaban J connectivity index is 2.28. The van der Waals surface area contributed by atoms with Crippen LogP contribution in [0.3, 0.4) is 0 Å². The van der Waals surface area contributed by atoms with E-state index in [0.29, 0.717) is 0 Å². The summed E-state index contributed by atoms with van der Waals surface area (Å²) in [6.07, 6.45) is 3.73. The first-order chi connectivity index (χ1) is 4.43. The van der Waals surface area contributed by atoms with Crippen LogP contribution in [0.2, 0.25) is 0 Å². The summed E-state index contributed by atoms with van der Waals surface area (Å²) in [5, 5.41) is 3.22. The number of aliphatic imine (C=N–C) groups is 1. The van der Waals surface area contributed by atoms with Crippen LogP contribution in [-0.4, -0.2) is 16.9 Å². The van der Waals surface area contributed by atoms with Gasteiger partial charge < -0.3 is 5.32 Å². The van der Waals surface area contributed by atoms with Crippen LogP contribution >= 0.6 is 22.6 Å². The molecule has 0 amide bonds. The first kappa shape index (κ1) is 7.31. The second kappa shape index (κ2) is 4.09. The van der Waals surface area contributed by atoms with Gasteiger partial charge in [0, 0.05) is 13.0 Å². The van der Waals surface area contributed by atoms with Crippen LogP contribution in [0.4, 0.5) is 0 Å². The van der Waals surface area contributed by atoms with Crippen molar-refractivity contribution < 1.29 is 0 Å². The van der Waals surface area contributed by atoms with E-state index in [4.69, 9.17) is 0 Å². The van der Waals surface area contributed by atoms with Crippen molar-refractivity contribution in [1.29, 1.82) is 0 Å². The summed E-state index contributed by atoms with van der Waals surface area (Å²) >= 11 is 2.30. The minimum Gasteiger partial charge on any atom is -0.365 e. The van der Waals surface area contributed by atoms with E-state index >= 15 is 0 Å². The summed E-state index contributed by atoms with van der Waals surface area (Å²) in [5.41, 5.74) is 0. The Morgan fingerprint density at radius 3 is 3.00 bits per heavy atom. The molecule has 1 aliphatic rings. The Bertz CT molecular complexity index is 112. The molecule has 52 valence electrons. The number of halogens is 1. The molecule has 9 heavy (non-hydrogen) atoms. The van der Waals surface area contributed by atoms with E-state index in [9.17, 15) is 0 Å². The number of alkyl halides is 1. The third-order valence-corrected chi connectivity index (χ3v) is 1.78. The lowest BCUT2D eigenvalue weighted by Gasteiger charge is -2.11. The molecule has 0 aliphatic carbocycles. The van der Waals surface area contributed by atoms with Gasteiger partial charge in [0.15, 0.2) is 0 Å². The molecule has 0 aromatic rings. The molecule has 3 heteroatoms. The van der Waals surface area contributed by atoms with Crippen LogP contribution in [-0.2, 0) is 0 Å². The van der Waals surface area contributed by atoms with Gasteiger partial charge in [0.05, 0.1) is 10.4 Å². The maximum absolute atomic E-state index is 4.32. The first-order valence-electron chi connectivity index (χ1n) is 3.26. The van der Waals surface area contributed by atoms with Gasteiger partial charge >= 0.3 is 0 Å². The number of rotatable bonds is 1. The lowest BCUT2D eigenvalue weighted by atomic mass is 10.2. The van der Waals surface area contributed by atoms with Crippen LogP contribution < -0.4 is 5.32 Å². The molecule has 1 rings (SSSR count). The largest absolute Gasteiger partial charge is 0.365 e. The molecule has 2 nitrogen and oxygen atoms in total. The predicted octanol–water partition coefficient (Wildman–Crippen LogP) is 1.55.